The van der Waals surface area contributed by atoms with E-state index < -0.39 is 29.4 Å². The molecular weight excluding hydrogens is 617 g/mol. The Morgan fingerprint density at radius 3 is 2.57 bits per heavy atom. The molecule has 0 spiro atoms. The Morgan fingerprint density at radius 1 is 1.05 bits per heavy atom. The highest BCUT2D eigenvalue weighted by Gasteiger charge is 2.22. The zero-order valence-electron chi connectivity index (χ0n) is 22.1. The maximum atomic E-state index is 12.6. The number of nitriles is 1. The molecule has 218 valence electrons. The van der Waals surface area contributed by atoms with Gasteiger partial charge < -0.3 is 20.5 Å². The van der Waals surface area contributed by atoms with Gasteiger partial charge in [0.05, 0.1) is 9.75 Å². The summed E-state index contributed by atoms with van der Waals surface area (Å²) in [5, 5.41) is 32.4. The molecule has 42 heavy (non-hydrogen) atoms. The maximum absolute atomic E-state index is 12.6. The number of carbonyl (C=O) groups excluding carboxylic acids is 1. The summed E-state index contributed by atoms with van der Waals surface area (Å²) in [5.41, 5.74) is -0.0579. The number of amides is 1. The van der Waals surface area contributed by atoms with E-state index in [-0.39, 0.29) is 18.4 Å². The van der Waals surface area contributed by atoms with Crippen molar-refractivity contribution in [3.8, 4) is 26.4 Å². The minimum absolute atomic E-state index is 0.00155. The van der Waals surface area contributed by atoms with E-state index in [1.807, 2.05) is 41.8 Å². The molecule has 4 aromatic heterocycles. The number of aromatic amines is 1. The van der Waals surface area contributed by atoms with Gasteiger partial charge in [-0.3, -0.25) is 14.4 Å². The summed E-state index contributed by atoms with van der Waals surface area (Å²) in [7, 11) is 0. The lowest BCUT2D eigenvalue weighted by molar-refractivity contribution is -0.140. The summed E-state index contributed by atoms with van der Waals surface area (Å²) in [6, 6.07) is 12.1. The molecule has 0 aliphatic rings. The standard InChI is InChI=1S/C28H26N4O6S4/c29-15-17-24(21-11-10-20(42-21)19-6-4-14-39-19)31-28(32-25(17)35)40-13-3-1-2-5-16-7-9-22(41-16)26(36)30-18(27(37)38)8-12-23(33)34/h4,6-7,9-11,14,18H,1-3,5,8,12-13H2,(H,30,36)(H,33,34)(H,37,38)(H,31,32,35)/t18-/m0/s1. The Bertz CT molecular complexity index is 1650. The van der Waals surface area contributed by atoms with Crippen LogP contribution in [-0.4, -0.2) is 49.8 Å². The first kappa shape index (κ1) is 31.2. The first-order valence-electron chi connectivity index (χ1n) is 12.9. The summed E-state index contributed by atoms with van der Waals surface area (Å²) >= 11 is 5.84. The molecule has 0 unspecified atom stereocenters. The number of thioether (sulfide) groups is 1. The number of hydrogen-bond acceptors (Lipinski definition) is 10. The summed E-state index contributed by atoms with van der Waals surface area (Å²) in [6.07, 6.45) is 2.87. The van der Waals surface area contributed by atoms with E-state index in [0.29, 0.717) is 15.7 Å². The highest BCUT2D eigenvalue weighted by Crippen LogP contribution is 2.36. The Labute approximate surface area is 257 Å². The monoisotopic (exact) mass is 642 g/mol. The third-order valence-corrected chi connectivity index (χ3v) is 10.3. The Kier molecular flexibility index (Phi) is 11.1. The molecule has 4 aromatic rings. The lowest BCUT2D eigenvalue weighted by Crippen LogP contribution is -2.40. The smallest absolute Gasteiger partial charge is 0.326 e. The summed E-state index contributed by atoms with van der Waals surface area (Å²) in [6.45, 7) is 0. The van der Waals surface area contributed by atoms with Crippen LogP contribution >= 0.6 is 45.8 Å². The highest BCUT2D eigenvalue weighted by atomic mass is 32.2. The summed E-state index contributed by atoms with van der Waals surface area (Å²) in [5.74, 6) is -2.20. The zero-order valence-corrected chi connectivity index (χ0v) is 25.4. The Hall–Kier alpha value is -3.77. The van der Waals surface area contributed by atoms with Crippen molar-refractivity contribution in [3.63, 3.8) is 0 Å². The van der Waals surface area contributed by atoms with E-state index in [1.54, 1.807) is 17.4 Å². The van der Waals surface area contributed by atoms with Gasteiger partial charge in [-0.15, -0.1) is 34.0 Å². The summed E-state index contributed by atoms with van der Waals surface area (Å²) < 4.78 is 0. The van der Waals surface area contributed by atoms with Crippen LogP contribution in [0.4, 0.5) is 0 Å². The fraction of sp³-hybridized carbons (Fsp3) is 0.286. The van der Waals surface area contributed by atoms with E-state index in [9.17, 15) is 29.5 Å². The van der Waals surface area contributed by atoms with Crippen molar-refractivity contribution in [2.75, 3.05) is 5.75 Å². The van der Waals surface area contributed by atoms with Crippen LogP contribution < -0.4 is 10.9 Å². The molecule has 4 rings (SSSR count). The number of carboxylic acids is 2. The molecule has 0 fully saturated rings. The van der Waals surface area contributed by atoms with Crippen LogP contribution in [0.25, 0.3) is 20.3 Å². The van der Waals surface area contributed by atoms with E-state index in [4.69, 9.17) is 5.11 Å². The lowest BCUT2D eigenvalue weighted by Gasteiger charge is -2.12. The van der Waals surface area contributed by atoms with Gasteiger partial charge in [0.15, 0.2) is 5.16 Å². The molecule has 0 aliphatic carbocycles. The van der Waals surface area contributed by atoms with Crippen molar-refractivity contribution in [1.29, 1.82) is 5.26 Å². The topological polar surface area (TPSA) is 173 Å². The van der Waals surface area contributed by atoms with Crippen LogP contribution in [0.2, 0.25) is 0 Å². The van der Waals surface area contributed by atoms with Gasteiger partial charge in [-0.2, -0.15) is 5.26 Å². The number of aliphatic carboxylic acids is 2. The minimum Gasteiger partial charge on any atom is -0.481 e. The average molecular weight is 643 g/mol. The quantitative estimate of drug-likeness (QED) is 0.0719. The predicted octanol–water partition coefficient (Wildman–Crippen LogP) is 5.71. The predicted molar refractivity (Wildman–Crippen MR) is 165 cm³/mol. The van der Waals surface area contributed by atoms with E-state index >= 15 is 0 Å². The molecule has 1 atom stereocenters. The van der Waals surface area contributed by atoms with Gasteiger partial charge in [0, 0.05) is 26.8 Å². The zero-order chi connectivity index (χ0) is 30.1. The van der Waals surface area contributed by atoms with Gasteiger partial charge in [-0.05, 0) is 61.4 Å². The van der Waals surface area contributed by atoms with Crippen LogP contribution in [0.1, 0.15) is 52.2 Å². The number of carbonyl (C=O) groups is 3. The van der Waals surface area contributed by atoms with Gasteiger partial charge in [0.2, 0.25) is 0 Å². The molecule has 1 amide bonds. The number of rotatable bonds is 15. The fourth-order valence-electron chi connectivity index (χ4n) is 3.96. The SMILES string of the molecule is N#Cc1c(-c2ccc(-c3cccs3)s2)nc(SCCCCCc2ccc(C(=O)N[C@@H](CCC(=O)O)C(=O)O)s2)[nH]c1=O. The van der Waals surface area contributed by atoms with Crippen LogP contribution in [0, 0.1) is 11.3 Å². The van der Waals surface area contributed by atoms with Crippen LogP contribution in [0.15, 0.2) is 51.7 Å². The van der Waals surface area contributed by atoms with Crippen LogP contribution in [-0.2, 0) is 16.0 Å². The molecule has 0 aromatic carbocycles. The minimum atomic E-state index is -1.27. The normalized spacial score (nSPS) is 11.6. The fourth-order valence-corrected chi connectivity index (χ4v) is 7.61. The van der Waals surface area contributed by atoms with Crippen molar-refractivity contribution in [2.45, 2.75) is 49.7 Å². The van der Waals surface area contributed by atoms with Crippen LogP contribution in [0.3, 0.4) is 0 Å². The van der Waals surface area contributed by atoms with E-state index in [2.05, 4.69) is 15.3 Å². The van der Waals surface area contributed by atoms with Gasteiger partial charge in [-0.1, -0.05) is 24.2 Å². The molecule has 14 heteroatoms. The molecule has 0 bridgehead atoms. The second-order valence-electron chi connectivity index (χ2n) is 9.07. The summed E-state index contributed by atoms with van der Waals surface area (Å²) in [4.78, 5) is 58.7. The molecule has 0 saturated carbocycles. The third kappa shape index (κ3) is 8.39. The number of hydrogen-bond donors (Lipinski definition) is 4. The first-order chi connectivity index (χ1) is 20.2. The third-order valence-electron chi connectivity index (χ3n) is 6.05. The van der Waals surface area contributed by atoms with Gasteiger partial charge in [-0.25, -0.2) is 9.78 Å². The van der Waals surface area contributed by atoms with Crippen molar-refractivity contribution >= 4 is 63.6 Å². The molecule has 10 nitrogen and oxygen atoms in total. The second-order valence-corrected chi connectivity index (χ2v) is 13.4. The average Bonchev–Trinajstić information content (AvgIpc) is 3.74. The number of nitrogens with one attached hydrogen (secondary N) is 2. The van der Waals surface area contributed by atoms with E-state index in [1.165, 1.54) is 34.4 Å². The lowest BCUT2D eigenvalue weighted by atomic mass is 10.1. The maximum Gasteiger partial charge on any atom is 0.326 e. The number of thiophene rings is 3. The molecule has 4 N–H and O–H groups in total. The molecular formula is C28H26N4O6S4. The Balaban J connectivity index is 1.25. The largest absolute Gasteiger partial charge is 0.481 e. The van der Waals surface area contributed by atoms with Crippen molar-refractivity contribution in [1.82, 2.24) is 15.3 Å². The second kappa shape index (κ2) is 14.9. The number of H-pyrrole nitrogens is 1. The van der Waals surface area contributed by atoms with Gasteiger partial charge in [0.25, 0.3) is 11.5 Å². The Morgan fingerprint density at radius 2 is 1.86 bits per heavy atom. The number of carboxylic acid groups (broad SMARTS) is 2. The van der Waals surface area contributed by atoms with Crippen molar-refractivity contribution in [3.05, 3.63) is 67.4 Å². The van der Waals surface area contributed by atoms with E-state index in [0.717, 1.165) is 50.9 Å². The number of unbranched alkanes of at least 4 members (excludes halogenated alkanes) is 2. The number of aryl methyl sites for hydroxylation is 1. The molecule has 0 saturated heterocycles. The molecule has 4 heterocycles. The molecule has 0 aliphatic heterocycles. The highest BCUT2D eigenvalue weighted by molar-refractivity contribution is 7.99. The van der Waals surface area contributed by atoms with Crippen LogP contribution in [0.5, 0.6) is 0 Å². The van der Waals surface area contributed by atoms with Crippen molar-refractivity contribution in [2.24, 2.45) is 0 Å². The van der Waals surface area contributed by atoms with Gasteiger partial charge in [0.1, 0.15) is 23.4 Å². The molecule has 0 radical (unpaired) electrons. The first-order valence-corrected chi connectivity index (χ1v) is 16.4. The number of aromatic nitrogens is 2. The number of nitrogens with zero attached hydrogens (tertiary/aromatic N) is 2. The van der Waals surface area contributed by atoms with Crippen molar-refractivity contribution < 1.29 is 24.6 Å². The van der Waals surface area contributed by atoms with Gasteiger partial charge >= 0.3 is 11.9 Å².